The Morgan fingerprint density at radius 2 is 2.12 bits per heavy atom. The van der Waals surface area contributed by atoms with Crippen LogP contribution in [0.25, 0.3) is 0 Å². The van der Waals surface area contributed by atoms with Gasteiger partial charge in [-0.3, -0.25) is 4.99 Å². The fourth-order valence-electron chi connectivity index (χ4n) is 2.54. The smallest absolute Gasteiger partial charge is 0.100 e. The van der Waals surface area contributed by atoms with E-state index in [1.54, 1.807) is 0 Å². The largest absolute Gasteiger partial charge is 0.369 e. The molecule has 1 saturated carbocycles. The van der Waals surface area contributed by atoms with Crippen molar-refractivity contribution in [1.82, 2.24) is 5.32 Å². The molecule has 1 N–H and O–H groups in total. The number of nitrogens with one attached hydrogen (secondary N) is 1. The Labute approximate surface area is 96.8 Å². The highest BCUT2D eigenvalue weighted by Gasteiger charge is 2.37. The summed E-state index contributed by atoms with van der Waals surface area (Å²) in [5.74, 6) is 1.75. The first-order chi connectivity index (χ1) is 7.83. The topological polar surface area (TPSA) is 24.4 Å². The van der Waals surface area contributed by atoms with Gasteiger partial charge in [0.05, 0.1) is 6.04 Å². The molecule has 1 aromatic rings. The zero-order chi connectivity index (χ0) is 11.0. The van der Waals surface area contributed by atoms with Gasteiger partial charge in [-0.2, -0.15) is 0 Å². The van der Waals surface area contributed by atoms with Crippen molar-refractivity contribution in [3.8, 4) is 0 Å². The first-order valence-electron chi connectivity index (χ1n) is 6.21. The molecule has 84 valence electrons. The van der Waals surface area contributed by atoms with Gasteiger partial charge in [0.2, 0.25) is 0 Å². The van der Waals surface area contributed by atoms with Crippen LogP contribution in [0.5, 0.6) is 0 Å². The molecule has 3 rings (SSSR count). The molecule has 1 fully saturated rings. The average Bonchev–Trinajstić information content (AvgIpc) is 2.56. The van der Waals surface area contributed by atoms with Crippen molar-refractivity contribution in [2.75, 3.05) is 0 Å². The SMILES string of the molecule is C[C@@H](Cc1ccccc1)C1=NC2CCC2N1. The minimum Gasteiger partial charge on any atom is -0.369 e. The van der Waals surface area contributed by atoms with Gasteiger partial charge in [-0.15, -0.1) is 0 Å². The first-order valence-corrected chi connectivity index (χ1v) is 6.21. The van der Waals surface area contributed by atoms with Gasteiger partial charge in [-0.05, 0) is 24.8 Å². The lowest BCUT2D eigenvalue weighted by atomic mass is 9.88. The lowest BCUT2D eigenvalue weighted by Gasteiger charge is -2.28. The van der Waals surface area contributed by atoms with E-state index in [0.717, 1.165) is 6.42 Å². The molecule has 2 unspecified atom stereocenters. The Hall–Kier alpha value is -1.31. The van der Waals surface area contributed by atoms with Gasteiger partial charge < -0.3 is 5.32 Å². The maximum Gasteiger partial charge on any atom is 0.100 e. The number of benzene rings is 1. The summed E-state index contributed by atoms with van der Waals surface area (Å²) >= 11 is 0. The molecule has 1 aliphatic heterocycles. The minimum absolute atomic E-state index is 0.521. The minimum atomic E-state index is 0.521. The standard InChI is InChI=1S/C14H18N2/c1-10(9-11-5-3-2-4-6-11)14-15-12-7-8-13(12)16-14/h2-6,10,12-13H,7-9H2,1H3,(H,15,16)/t10-,12?,13?/m0/s1. The summed E-state index contributed by atoms with van der Waals surface area (Å²) in [4.78, 5) is 4.76. The quantitative estimate of drug-likeness (QED) is 0.821. The third kappa shape index (κ3) is 1.73. The summed E-state index contributed by atoms with van der Waals surface area (Å²) < 4.78 is 0. The van der Waals surface area contributed by atoms with Crippen LogP contribution in [0.4, 0.5) is 0 Å². The summed E-state index contributed by atoms with van der Waals surface area (Å²) in [6, 6.07) is 11.9. The number of hydrogen-bond donors (Lipinski definition) is 1. The molecule has 0 amide bonds. The molecule has 1 aliphatic carbocycles. The van der Waals surface area contributed by atoms with Crippen molar-refractivity contribution in [1.29, 1.82) is 0 Å². The monoisotopic (exact) mass is 214 g/mol. The van der Waals surface area contributed by atoms with Crippen molar-refractivity contribution in [2.45, 2.75) is 38.3 Å². The Morgan fingerprint density at radius 3 is 2.69 bits per heavy atom. The van der Waals surface area contributed by atoms with Crippen LogP contribution in [-0.2, 0) is 6.42 Å². The van der Waals surface area contributed by atoms with Gasteiger partial charge in [-0.1, -0.05) is 37.3 Å². The van der Waals surface area contributed by atoms with E-state index in [2.05, 4.69) is 42.6 Å². The van der Waals surface area contributed by atoms with E-state index in [1.807, 2.05) is 0 Å². The Kier molecular flexibility index (Phi) is 2.43. The van der Waals surface area contributed by atoms with E-state index in [0.29, 0.717) is 18.0 Å². The third-order valence-electron chi connectivity index (χ3n) is 3.73. The number of fused-ring (bicyclic) bond motifs is 1. The second kappa shape index (κ2) is 3.93. The predicted molar refractivity (Wildman–Crippen MR) is 66.7 cm³/mol. The zero-order valence-corrected chi connectivity index (χ0v) is 9.69. The molecule has 0 spiro atoms. The van der Waals surface area contributed by atoms with Crippen LogP contribution < -0.4 is 5.32 Å². The van der Waals surface area contributed by atoms with Crippen LogP contribution in [0.15, 0.2) is 35.3 Å². The number of amidine groups is 1. The Bertz CT molecular complexity index is 396. The normalized spacial score (nSPS) is 28.7. The molecule has 1 aromatic carbocycles. The molecule has 0 radical (unpaired) electrons. The maximum atomic E-state index is 4.76. The zero-order valence-electron chi connectivity index (χ0n) is 9.69. The molecular weight excluding hydrogens is 196 g/mol. The van der Waals surface area contributed by atoms with Gasteiger partial charge in [-0.25, -0.2) is 0 Å². The highest BCUT2D eigenvalue weighted by atomic mass is 15.2. The van der Waals surface area contributed by atoms with Crippen molar-refractivity contribution in [2.24, 2.45) is 10.9 Å². The summed E-state index contributed by atoms with van der Waals surface area (Å²) in [6.45, 7) is 2.27. The van der Waals surface area contributed by atoms with Crippen molar-refractivity contribution in [3.05, 3.63) is 35.9 Å². The molecular formula is C14H18N2. The van der Waals surface area contributed by atoms with Crippen LogP contribution in [0, 0.1) is 5.92 Å². The Morgan fingerprint density at radius 1 is 1.31 bits per heavy atom. The lowest BCUT2D eigenvalue weighted by Crippen LogP contribution is -2.43. The van der Waals surface area contributed by atoms with Crippen LogP contribution in [0.1, 0.15) is 25.3 Å². The second-order valence-electron chi connectivity index (χ2n) is 5.00. The van der Waals surface area contributed by atoms with E-state index in [1.165, 1.54) is 24.2 Å². The van der Waals surface area contributed by atoms with Gasteiger partial charge in [0.15, 0.2) is 0 Å². The highest BCUT2D eigenvalue weighted by Crippen LogP contribution is 2.29. The molecule has 3 atom stereocenters. The van der Waals surface area contributed by atoms with Crippen LogP contribution in [-0.4, -0.2) is 17.9 Å². The predicted octanol–water partition coefficient (Wildman–Crippen LogP) is 2.40. The van der Waals surface area contributed by atoms with E-state index in [-0.39, 0.29) is 0 Å². The molecule has 2 nitrogen and oxygen atoms in total. The summed E-state index contributed by atoms with van der Waals surface area (Å²) in [5, 5.41) is 3.56. The third-order valence-corrected chi connectivity index (χ3v) is 3.73. The molecule has 0 bridgehead atoms. The average molecular weight is 214 g/mol. The maximum absolute atomic E-state index is 4.76. The van der Waals surface area contributed by atoms with Crippen molar-refractivity contribution >= 4 is 5.84 Å². The van der Waals surface area contributed by atoms with Crippen LogP contribution in [0.2, 0.25) is 0 Å². The number of aliphatic imine (C=N–C) groups is 1. The van der Waals surface area contributed by atoms with Gasteiger partial charge in [0.1, 0.15) is 5.84 Å². The van der Waals surface area contributed by atoms with Crippen molar-refractivity contribution in [3.63, 3.8) is 0 Å². The van der Waals surface area contributed by atoms with E-state index in [4.69, 9.17) is 4.99 Å². The summed E-state index contributed by atoms with van der Waals surface area (Å²) in [7, 11) is 0. The molecule has 2 heteroatoms. The van der Waals surface area contributed by atoms with Crippen LogP contribution in [0.3, 0.4) is 0 Å². The van der Waals surface area contributed by atoms with Gasteiger partial charge in [0, 0.05) is 12.0 Å². The van der Waals surface area contributed by atoms with E-state index < -0.39 is 0 Å². The summed E-state index contributed by atoms with van der Waals surface area (Å²) in [5.41, 5.74) is 1.40. The van der Waals surface area contributed by atoms with Gasteiger partial charge in [0.25, 0.3) is 0 Å². The first kappa shape index (κ1) is 9.88. The fraction of sp³-hybridized carbons (Fsp3) is 0.500. The van der Waals surface area contributed by atoms with Gasteiger partial charge >= 0.3 is 0 Å². The molecule has 16 heavy (non-hydrogen) atoms. The number of hydrogen-bond acceptors (Lipinski definition) is 2. The second-order valence-corrected chi connectivity index (χ2v) is 5.00. The van der Waals surface area contributed by atoms with Crippen LogP contribution >= 0.6 is 0 Å². The van der Waals surface area contributed by atoms with E-state index >= 15 is 0 Å². The fourth-order valence-corrected chi connectivity index (χ4v) is 2.54. The highest BCUT2D eigenvalue weighted by molar-refractivity contribution is 5.87. The molecule has 1 heterocycles. The molecule has 2 aliphatic rings. The summed E-state index contributed by atoms with van der Waals surface area (Å²) in [6.07, 6.45) is 3.67. The Balaban J connectivity index is 1.65. The lowest BCUT2D eigenvalue weighted by molar-refractivity contribution is 0.346. The van der Waals surface area contributed by atoms with Crippen molar-refractivity contribution < 1.29 is 0 Å². The molecule has 0 saturated heterocycles. The molecule has 0 aromatic heterocycles. The van der Waals surface area contributed by atoms with E-state index in [9.17, 15) is 0 Å². The number of rotatable bonds is 3. The number of nitrogens with zero attached hydrogens (tertiary/aromatic N) is 1.